The number of nitrogens with two attached hydrogens (primary N) is 1. The molecule has 1 fully saturated rings. The van der Waals surface area contributed by atoms with Crippen LogP contribution < -0.4 is 5.73 Å². The number of nitrogens with zero attached hydrogens (tertiary/aromatic N) is 1. The van der Waals surface area contributed by atoms with E-state index in [9.17, 15) is 4.79 Å². The van der Waals surface area contributed by atoms with Crippen LogP contribution in [0, 0.1) is 0 Å². The molecular weight excluding hydrogens is 288 g/mol. The van der Waals surface area contributed by atoms with Crippen molar-refractivity contribution in [1.29, 1.82) is 0 Å². The van der Waals surface area contributed by atoms with Gasteiger partial charge in [-0.15, -0.1) is 0 Å². The first-order chi connectivity index (χ1) is 9.49. The summed E-state index contributed by atoms with van der Waals surface area (Å²) in [5.74, 6) is 1.23. The van der Waals surface area contributed by atoms with Gasteiger partial charge in [-0.05, 0) is 12.5 Å². The van der Waals surface area contributed by atoms with E-state index in [2.05, 4.69) is 13.8 Å². The van der Waals surface area contributed by atoms with E-state index in [1.54, 1.807) is 0 Å². The monoisotopic (exact) mass is 308 g/mol. The highest BCUT2D eigenvalue weighted by molar-refractivity contribution is 8.00. The van der Waals surface area contributed by atoms with Crippen LogP contribution in [0.5, 0.6) is 0 Å². The zero-order chi connectivity index (χ0) is 14.7. The Morgan fingerprint density at radius 3 is 2.65 bits per heavy atom. The molecule has 0 aliphatic carbocycles. The number of carbonyl (C=O) groups is 1. The Balaban J connectivity index is 2.02. The van der Waals surface area contributed by atoms with Gasteiger partial charge in [-0.25, -0.2) is 0 Å². The summed E-state index contributed by atoms with van der Waals surface area (Å²) in [7, 11) is 0. The first-order valence-electron chi connectivity index (χ1n) is 6.79. The minimum Gasteiger partial charge on any atom is -0.389 e. The van der Waals surface area contributed by atoms with Crippen molar-refractivity contribution in [3.63, 3.8) is 0 Å². The fourth-order valence-corrected chi connectivity index (χ4v) is 3.58. The largest absolute Gasteiger partial charge is 0.389 e. The summed E-state index contributed by atoms with van der Waals surface area (Å²) >= 11 is 6.86. The van der Waals surface area contributed by atoms with Crippen molar-refractivity contribution in [2.24, 2.45) is 5.73 Å². The van der Waals surface area contributed by atoms with Crippen LogP contribution in [0.15, 0.2) is 24.3 Å². The van der Waals surface area contributed by atoms with Gasteiger partial charge in [-0.3, -0.25) is 4.79 Å². The number of carbonyl (C=O) groups excluding carboxylic acids is 1. The molecule has 0 radical (unpaired) electrons. The van der Waals surface area contributed by atoms with Gasteiger partial charge in [0.05, 0.1) is 6.42 Å². The molecule has 1 saturated heterocycles. The van der Waals surface area contributed by atoms with Crippen LogP contribution >= 0.6 is 24.0 Å². The number of hydrogen-bond acceptors (Lipinski definition) is 3. The van der Waals surface area contributed by atoms with E-state index in [0.717, 1.165) is 23.4 Å². The van der Waals surface area contributed by atoms with Crippen molar-refractivity contribution in [1.82, 2.24) is 4.90 Å². The number of thioether (sulfide) groups is 1. The second kappa shape index (κ2) is 6.59. The topological polar surface area (TPSA) is 46.3 Å². The lowest BCUT2D eigenvalue weighted by molar-refractivity contribution is -0.132. The Labute approximate surface area is 129 Å². The Bertz CT molecular complexity index is 501. The SMILES string of the molecule is CC1SCCN(C(=O)Cc2ccc(C(N)=S)cc2)C1C. The van der Waals surface area contributed by atoms with Crippen molar-refractivity contribution in [2.75, 3.05) is 12.3 Å². The summed E-state index contributed by atoms with van der Waals surface area (Å²) in [5.41, 5.74) is 7.42. The molecule has 1 aliphatic rings. The minimum absolute atomic E-state index is 0.202. The van der Waals surface area contributed by atoms with Crippen LogP contribution in [0.4, 0.5) is 0 Å². The highest BCUT2D eigenvalue weighted by atomic mass is 32.2. The summed E-state index contributed by atoms with van der Waals surface area (Å²) in [4.78, 5) is 14.8. The Kier molecular flexibility index (Phi) is 5.05. The lowest BCUT2D eigenvalue weighted by Gasteiger charge is -2.37. The Hall–Kier alpha value is -1.07. The minimum atomic E-state index is 0.202. The van der Waals surface area contributed by atoms with Crippen molar-refractivity contribution >= 4 is 34.9 Å². The first kappa shape index (κ1) is 15.3. The van der Waals surface area contributed by atoms with Crippen molar-refractivity contribution < 1.29 is 4.79 Å². The molecule has 108 valence electrons. The molecule has 2 atom stereocenters. The third-order valence-electron chi connectivity index (χ3n) is 3.80. The molecule has 1 aliphatic heterocycles. The number of benzene rings is 1. The smallest absolute Gasteiger partial charge is 0.227 e. The van der Waals surface area contributed by atoms with Crippen LogP contribution in [-0.4, -0.2) is 39.4 Å². The zero-order valence-corrected chi connectivity index (χ0v) is 13.5. The van der Waals surface area contributed by atoms with Gasteiger partial charge in [0.25, 0.3) is 0 Å². The van der Waals surface area contributed by atoms with Gasteiger partial charge in [-0.1, -0.05) is 43.4 Å². The molecule has 1 heterocycles. The van der Waals surface area contributed by atoms with E-state index < -0.39 is 0 Å². The summed E-state index contributed by atoms with van der Waals surface area (Å²) < 4.78 is 0. The van der Waals surface area contributed by atoms with Gasteiger partial charge in [0.15, 0.2) is 0 Å². The molecule has 20 heavy (non-hydrogen) atoms. The number of thiocarbonyl (C=S) groups is 1. The van der Waals surface area contributed by atoms with Gasteiger partial charge in [-0.2, -0.15) is 11.8 Å². The lowest BCUT2D eigenvalue weighted by Crippen LogP contribution is -2.48. The quantitative estimate of drug-likeness (QED) is 0.870. The highest BCUT2D eigenvalue weighted by Gasteiger charge is 2.28. The summed E-state index contributed by atoms with van der Waals surface area (Å²) in [6.45, 7) is 5.16. The van der Waals surface area contributed by atoms with Gasteiger partial charge in [0.1, 0.15) is 4.99 Å². The maximum absolute atomic E-state index is 12.4. The van der Waals surface area contributed by atoms with E-state index in [4.69, 9.17) is 18.0 Å². The Morgan fingerprint density at radius 1 is 1.40 bits per heavy atom. The summed E-state index contributed by atoms with van der Waals surface area (Å²) in [6.07, 6.45) is 0.444. The van der Waals surface area contributed by atoms with Gasteiger partial charge < -0.3 is 10.6 Å². The zero-order valence-electron chi connectivity index (χ0n) is 11.8. The molecular formula is C15H20N2OS2. The van der Waals surface area contributed by atoms with Crippen LogP contribution in [0.1, 0.15) is 25.0 Å². The predicted molar refractivity (Wildman–Crippen MR) is 89.1 cm³/mol. The fraction of sp³-hybridized carbons (Fsp3) is 0.467. The molecule has 0 aromatic heterocycles. The molecule has 2 N–H and O–H groups in total. The summed E-state index contributed by atoms with van der Waals surface area (Å²) in [6, 6.07) is 7.92. The highest BCUT2D eigenvalue weighted by Crippen LogP contribution is 2.24. The van der Waals surface area contributed by atoms with Gasteiger partial charge >= 0.3 is 0 Å². The Morgan fingerprint density at radius 2 is 2.05 bits per heavy atom. The molecule has 3 nitrogen and oxygen atoms in total. The predicted octanol–water partition coefficient (Wildman–Crippen LogP) is 2.22. The number of amides is 1. The second-order valence-corrected chi connectivity index (χ2v) is 7.07. The average molecular weight is 308 g/mol. The van der Waals surface area contributed by atoms with E-state index in [1.807, 2.05) is 40.9 Å². The van der Waals surface area contributed by atoms with Gasteiger partial charge in [0, 0.05) is 29.2 Å². The maximum Gasteiger partial charge on any atom is 0.227 e. The molecule has 1 amide bonds. The molecule has 0 saturated carbocycles. The summed E-state index contributed by atoms with van der Waals surface area (Å²) in [5, 5.41) is 0.504. The van der Waals surface area contributed by atoms with Crippen molar-refractivity contribution in [3.8, 4) is 0 Å². The van der Waals surface area contributed by atoms with Crippen LogP contribution in [0.3, 0.4) is 0 Å². The maximum atomic E-state index is 12.4. The van der Waals surface area contributed by atoms with Crippen LogP contribution in [-0.2, 0) is 11.2 Å². The number of hydrogen-bond donors (Lipinski definition) is 1. The van der Waals surface area contributed by atoms with Crippen LogP contribution in [0.2, 0.25) is 0 Å². The van der Waals surface area contributed by atoms with Crippen molar-refractivity contribution in [3.05, 3.63) is 35.4 Å². The molecule has 1 aromatic rings. The molecule has 1 aromatic carbocycles. The van der Waals surface area contributed by atoms with E-state index in [0.29, 0.717) is 22.7 Å². The van der Waals surface area contributed by atoms with Crippen LogP contribution in [0.25, 0.3) is 0 Å². The van der Waals surface area contributed by atoms with Crippen molar-refractivity contribution in [2.45, 2.75) is 31.6 Å². The first-order valence-corrected chi connectivity index (χ1v) is 8.24. The van der Waals surface area contributed by atoms with E-state index >= 15 is 0 Å². The third-order valence-corrected chi connectivity index (χ3v) is 5.37. The second-order valence-electron chi connectivity index (χ2n) is 5.14. The standard InChI is InChI=1S/C15H20N2OS2/c1-10-11(2)20-8-7-17(10)14(18)9-12-3-5-13(6-4-12)15(16)19/h3-6,10-11H,7-9H2,1-2H3,(H2,16,19). The third kappa shape index (κ3) is 3.52. The van der Waals surface area contributed by atoms with E-state index in [-0.39, 0.29) is 5.91 Å². The number of rotatable bonds is 3. The fourth-order valence-electron chi connectivity index (χ4n) is 2.35. The lowest BCUT2D eigenvalue weighted by atomic mass is 10.1. The molecule has 2 unspecified atom stereocenters. The molecule has 5 heteroatoms. The van der Waals surface area contributed by atoms with Gasteiger partial charge in [0.2, 0.25) is 5.91 Å². The molecule has 2 rings (SSSR count). The van der Waals surface area contributed by atoms with E-state index in [1.165, 1.54) is 0 Å². The molecule has 0 bridgehead atoms. The normalized spacial score (nSPS) is 22.6. The average Bonchev–Trinajstić information content (AvgIpc) is 2.42. The molecule has 0 spiro atoms.